The van der Waals surface area contributed by atoms with Crippen molar-refractivity contribution in [3.05, 3.63) is 54.0 Å². The Kier molecular flexibility index (Phi) is 4.99. The Morgan fingerprint density at radius 3 is 2.50 bits per heavy atom. The summed E-state index contributed by atoms with van der Waals surface area (Å²) in [6, 6.07) is 8.42. The van der Waals surface area contributed by atoms with E-state index >= 15 is 0 Å². The molecule has 0 radical (unpaired) electrons. The molecule has 0 amide bonds. The molecule has 3 rings (SSSR count). The van der Waals surface area contributed by atoms with Crippen LogP contribution < -0.4 is 4.90 Å². The number of aromatic nitrogens is 2. The second-order valence-corrected chi connectivity index (χ2v) is 5.84. The Morgan fingerprint density at radius 2 is 1.83 bits per heavy atom. The van der Waals surface area contributed by atoms with E-state index in [2.05, 4.69) is 14.9 Å². The monoisotopic (exact) mass is 336 g/mol. The quantitative estimate of drug-likeness (QED) is 0.862. The van der Waals surface area contributed by atoms with E-state index in [4.69, 9.17) is 0 Å². The third kappa shape index (κ3) is 4.23. The van der Waals surface area contributed by atoms with Gasteiger partial charge in [-0.1, -0.05) is 6.07 Å². The average Bonchev–Trinajstić information content (AvgIpc) is 2.81. The molecule has 0 atom stereocenters. The lowest BCUT2D eigenvalue weighted by Gasteiger charge is -2.23. The maximum atomic E-state index is 12.6. The zero-order chi connectivity index (χ0) is 17.0. The van der Waals surface area contributed by atoms with Gasteiger partial charge in [-0.3, -0.25) is 9.88 Å². The molecule has 1 saturated heterocycles. The summed E-state index contributed by atoms with van der Waals surface area (Å²) in [5.41, 5.74) is 0.316. The van der Waals surface area contributed by atoms with Gasteiger partial charge in [0.05, 0.1) is 11.3 Å². The van der Waals surface area contributed by atoms with Crippen LogP contribution in [0.4, 0.5) is 19.0 Å². The first-order chi connectivity index (χ1) is 11.5. The largest absolute Gasteiger partial charge is 0.417 e. The Balaban J connectivity index is 1.61. The lowest BCUT2D eigenvalue weighted by atomic mass is 10.2. The van der Waals surface area contributed by atoms with Gasteiger partial charge in [-0.25, -0.2) is 4.98 Å². The van der Waals surface area contributed by atoms with Crippen LogP contribution in [0.3, 0.4) is 0 Å². The van der Waals surface area contributed by atoms with E-state index in [1.165, 1.54) is 6.07 Å². The fourth-order valence-corrected chi connectivity index (χ4v) is 2.82. The zero-order valence-electron chi connectivity index (χ0n) is 13.2. The van der Waals surface area contributed by atoms with E-state index < -0.39 is 11.7 Å². The zero-order valence-corrected chi connectivity index (χ0v) is 13.2. The number of nitrogens with zero attached hydrogens (tertiary/aromatic N) is 4. The van der Waals surface area contributed by atoms with Crippen molar-refractivity contribution < 1.29 is 13.2 Å². The molecule has 128 valence electrons. The van der Waals surface area contributed by atoms with Crippen LogP contribution in [0.1, 0.15) is 17.7 Å². The Morgan fingerprint density at radius 1 is 0.958 bits per heavy atom. The van der Waals surface area contributed by atoms with Gasteiger partial charge in [-0.2, -0.15) is 13.2 Å². The van der Waals surface area contributed by atoms with Crippen molar-refractivity contribution in [2.75, 3.05) is 31.1 Å². The van der Waals surface area contributed by atoms with E-state index in [0.717, 1.165) is 57.1 Å². The third-order valence-electron chi connectivity index (χ3n) is 4.10. The number of rotatable bonds is 3. The van der Waals surface area contributed by atoms with Gasteiger partial charge in [0.15, 0.2) is 0 Å². The number of hydrogen-bond donors (Lipinski definition) is 0. The highest BCUT2D eigenvalue weighted by molar-refractivity contribution is 5.40. The summed E-state index contributed by atoms with van der Waals surface area (Å²) in [6.07, 6.45) is -0.712. The van der Waals surface area contributed by atoms with Crippen LogP contribution in [-0.4, -0.2) is 41.0 Å². The molecule has 0 bridgehead atoms. The number of halogens is 3. The summed E-state index contributed by atoms with van der Waals surface area (Å²) in [7, 11) is 0. The van der Waals surface area contributed by atoms with Crippen molar-refractivity contribution in [2.24, 2.45) is 0 Å². The smallest absolute Gasteiger partial charge is 0.355 e. The van der Waals surface area contributed by atoms with Gasteiger partial charge in [-0.05, 0) is 30.7 Å². The van der Waals surface area contributed by atoms with Crippen molar-refractivity contribution in [3.8, 4) is 0 Å². The molecule has 4 nitrogen and oxygen atoms in total. The molecule has 2 aromatic heterocycles. The van der Waals surface area contributed by atoms with Gasteiger partial charge < -0.3 is 4.90 Å². The third-order valence-corrected chi connectivity index (χ3v) is 4.10. The average molecular weight is 336 g/mol. The topological polar surface area (TPSA) is 32.3 Å². The van der Waals surface area contributed by atoms with E-state index in [-0.39, 0.29) is 0 Å². The molecule has 0 aliphatic carbocycles. The van der Waals surface area contributed by atoms with E-state index in [0.29, 0.717) is 5.82 Å². The van der Waals surface area contributed by atoms with Crippen molar-refractivity contribution in [2.45, 2.75) is 19.1 Å². The molecule has 0 N–H and O–H groups in total. The summed E-state index contributed by atoms with van der Waals surface area (Å²) < 4.78 is 37.9. The number of pyridine rings is 2. The van der Waals surface area contributed by atoms with Crippen LogP contribution in [-0.2, 0) is 12.7 Å². The second kappa shape index (κ2) is 7.17. The molecular formula is C17H19F3N4. The van der Waals surface area contributed by atoms with Crippen LogP contribution in [0.25, 0.3) is 0 Å². The first-order valence-corrected chi connectivity index (χ1v) is 7.93. The lowest BCUT2D eigenvalue weighted by molar-refractivity contribution is -0.137. The van der Waals surface area contributed by atoms with Crippen LogP contribution >= 0.6 is 0 Å². The molecule has 1 fully saturated rings. The van der Waals surface area contributed by atoms with Crippen LogP contribution in [0.15, 0.2) is 42.7 Å². The van der Waals surface area contributed by atoms with Crippen LogP contribution in [0.5, 0.6) is 0 Å². The molecule has 0 spiro atoms. The summed E-state index contributed by atoms with van der Waals surface area (Å²) in [5, 5.41) is 0. The van der Waals surface area contributed by atoms with E-state index in [1.807, 2.05) is 23.1 Å². The van der Waals surface area contributed by atoms with Crippen LogP contribution in [0.2, 0.25) is 0 Å². The first kappa shape index (κ1) is 16.7. The number of alkyl halides is 3. The molecule has 3 heterocycles. The Hall–Kier alpha value is -2.15. The molecule has 0 aromatic carbocycles. The van der Waals surface area contributed by atoms with Crippen molar-refractivity contribution in [1.82, 2.24) is 14.9 Å². The van der Waals surface area contributed by atoms with Gasteiger partial charge in [0.1, 0.15) is 5.82 Å². The van der Waals surface area contributed by atoms with Gasteiger partial charge in [0, 0.05) is 45.1 Å². The molecule has 1 aliphatic rings. The molecule has 0 saturated carbocycles. The first-order valence-electron chi connectivity index (χ1n) is 7.93. The molecular weight excluding hydrogens is 317 g/mol. The van der Waals surface area contributed by atoms with Crippen molar-refractivity contribution in [3.63, 3.8) is 0 Å². The van der Waals surface area contributed by atoms with Gasteiger partial charge in [0.25, 0.3) is 0 Å². The highest BCUT2D eigenvalue weighted by Gasteiger charge is 2.31. The van der Waals surface area contributed by atoms with E-state index in [1.54, 1.807) is 6.20 Å². The van der Waals surface area contributed by atoms with Crippen molar-refractivity contribution >= 4 is 5.82 Å². The van der Waals surface area contributed by atoms with Gasteiger partial charge >= 0.3 is 6.18 Å². The minimum atomic E-state index is -4.34. The number of anilines is 1. The predicted molar refractivity (Wildman–Crippen MR) is 85.6 cm³/mol. The van der Waals surface area contributed by atoms with Crippen LogP contribution in [0, 0.1) is 0 Å². The maximum absolute atomic E-state index is 12.6. The summed E-state index contributed by atoms with van der Waals surface area (Å²) in [4.78, 5) is 12.7. The molecule has 24 heavy (non-hydrogen) atoms. The molecule has 0 unspecified atom stereocenters. The van der Waals surface area contributed by atoms with Crippen molar-refractivity contribution in [1.29, 1.82) is 0 Å². The lowest BCUT2D eigenvalue weighted by Crippen LogP contribution is -2.31. The minimum absolute atomic E-state index is 0.600. The standard InChI is InChI=1S/C17H19F3N4/c18-17(19,20)14-5-6-16(22-12-14)24-9-3-8-23(10-11-24)13-15-4-1-2-7-21-15/h1-2,4-7,12H,3,8-11,13H2. The highest BCUT2D eigenvalue weighted by atomic mass is 19.4. The maximum Gasteiger partial charge on any atom is 0.417 e. The molecule has 1 aliphatic heterocycles. The summed E-state index contributed by atoms with van der Waals surface area (Å²) >= 11 is 0. The predicted octanol–water partition coefficient (Wildman–Crippen LogP) is 3.21. The Labute approximate surface area is 138 Å². The summed E-state index contributed by atoms with van der Waals surface area (Å²) in [5.74, 6) is 0.600. The number of hydrogen-bond acceptors (Lipinski definition) is 4. The fourth-order valence-electron chi connectivity index (χ4n) is 2.82. The molecule has 7 heteroatoms. The normalized spacial score (nSPS) is 16.9. The van der Waals surface area contributed by atoms with E-state index in [9.17, 15) is 13.2 Å². The Bertz CT molecular complexity index is 643. The van der Waals surface area contributed by atoms with Gasteiger partial charge in [-0.15, -0.1) is 0 Å². The minimum Gasteiger partial charge on any atom is -0.355 e. The fraction of sp³-hybridized carbons (Fsp3) is 0.412. The highest BCUT2D eigenvalue weighted by Crippen LogP contribution is 2.29. The SMILES string of the molecule is FC(F)(F)c1ccc(N2CCCN(Cc3ccccn3)CC2)nc1. The van der Waals surface area contributed by atoms with Gasteiger partial charge in [0.2, 0.25) is 0 Å². The second-order valence-electron chi connectivity index (χ2n) is 5.84. The summed E-state index contributed by atoms with van der Waals surface area (Å²) in [6.45, 7) is 4.09. The molecule has 2 aromatic rings.